The summed E-state index contributed by atoms with van der Waals surface area (Å²) in [6.45, 7) is 2.20. The molecule has 1 unspecified atom stereocenters. The first-order chi connectivity index (χ1) is 9.10. The molecular formula is C12H15FN2O4. The summed E-state index contributed by atoms with van der Waals surface area (Å²) in [6.07, 6.45) is -0.225. The molecule has 1 fully saturated rings. The second-order valence-electron chi connectivity index (χ2n) is 4.45. The summed E-state index contributed by atoms with van der Waals surface area (Å²) in [5, 5.41) is 19.5. The number of aliphatic hydroxyl groups excluding tert-OH is 1. The zero-order valence-electron chi connectivity index (χ0n) is 10.3. The third-order valence-corrected chi connectivity index (χ3v) is 3.04. The van der Waals surface area contributed by atoms with Crippen molar-refractivity contribution in [2.75, 3.05) is 26.3 Å². The van der Waals surface area contributed by atoms with Gasteiger partial charge in [-0.25, -0.2) is 0 Å². The summed E-state index contributed by atoms with van der Waals surface area (Å²) in [7, 11) is 0. The van der Waals surface area contributed by atoms with Gasteiger partial charge < -0.3 is 9.84 Å². The lowest BCUT2D eigenvalue weighted by Crippen LogP contribution is -2.43. The lowest BCUT2D eigenvalue weighted by Gasteiger charge is -2.31. The molecule has 0 amide bonds. The Balaban J connectivity index is 2.03. The maximum absolute atomic E-state index is 13.5. The van der Waals surface area contributed by atoms with Gasteiger partial charge in [0.15, 0.2) is 0 Å². The summed E-state index contributed by atoms with van der Waals surface area (Å²) in [6, 6.07) is 3.90. The minimum absolute atomic E-state index is 0.0505. The van der Waals surface area contributed by atoms with Gasteiger partial charge >= 0.3 is 5.69 Å². The number of morpholine rings is 1. The Morgan fingerprint density at radius 2 is 2.37 bits per heavy atom. The SMILES string of the molecule is O=[N+]([O-])c1ccc(CN2CCOC(CO)C2)cc1F. The molecule has 0 aliphatic carbocycles. The number of nitrogens with zero attached hydrogens (tertiary/aromatic N) is 2. The van der Waals surface area contributed by atoms with E-state index in [1.54, 1.807) is 6.07 Å². The maximum Gasteiger partial charge on any atom is 0.304 e. The van der Waals surface area contributed by atoms with Crippen molar-refractivity contribution in [3.63, 3.8) is 0 Å². The van der Waals surface area contributed by atoms with E-state index in [4.69, 9.17) is 9.84 Å². The third-order valence-electron chi connectivity index (χ3n) is 3.04. The number of hydrogen-bond donors (Lipinski definition) is 1. The Kier molecular flexibility index (Phi) is 4.41. The molecule has 7 heteroatoms. The van der Waals surface area contributed by atoms with Gasteiger partial charge in [-0.05, 0) is 11.6 Å². The van der Waals surface area contributed by atoms with Crippen molar-refractivity contribution >= 4 is 5.69 Å². The van der Waals surface area contributed by atoms with E-state index in [1.807, 2.05) is 4.90 Å². The Hall–Kier alpha value is -1.57. The third kappa shape index (κ3) is 3.46. The summed E-state index contributed by atoms with van der Waals surface area (Å²) in [5.41, 5.74) is 0.153. The number of halogens is 1. The first kappa shape index (κ1) is 13.9. The average Bonchev–Trinajstić information content (AvgIpc) is 2.38. The van der Waals surface area contributed by atoms with E-state index in [2.05, 4.69) is 0 Å². The van der Waals surface area contributed by atoms with Gasteiger partial charge in [0.25, 0.3) is 0 Å². The number of ether oxygens (including phenoxy) is 1. The minimum Gasteiger partial charge on any atom is -0.394 e. The van der Waals surface area contributed by atoms with Gasteiger partial charge in [-0.15, -0.1) is 0 Å². The smallest absolute Gasteiger partial charge is 0.304 e. The molecule has 1 heterocycles. The largest absolute Gasteiger partial charge is 0.394 e. The van der Waals surface area contributed by atoms with Crippen molar-refractivity contribution in [2.24, 2.45) is 0 Å². The predicted molar refractivity (Wildman–Crippen MR) is 65.2 cm³/mol. The van der Waals surface area contributed by atoms with Crippen LogP contribution in [-0.4, -0.2) is 47.3 Å². The molecule has 1 aliphatic rings. The molecule has 0 spiro atoms. The minimum atomic E-state index is -0.825. The second kappa shape index (κ2) is 6.05. The fraction of sp³-hybridized carbons (Fsp3) is 0.500. The van der Waals surface area contributed by atoms with Gasteiger partial charge in [-0.3, -0.25) is 15.0 Å². The van der Waals surface area contributed by atoms with E-state index in [0.717, 1.165) is 0 Å². The van der Waals surface area contributed by atoms with Crippen molar-refractivity contribution in [1.29, 1.82) is 0 Å². The van der Waals surface area contributed by atoms with Crippen LogP contribution in [-0.2, 0) is 11.3 Å². The standard InChI is InChI=1S/C12H15FN2O4/c13-11-5-9(1-2-12(11)15(17)18)6-14-3-4-19-10(7-14)8-16/h1-2,5,10,16H,3-4,6-8H2. The van der Waals surface area contributed by atoms with Crippen LogP contribution >= 0.6 is 0 Å². The summed E-state index contributed by atoms with van der Waals surface area (Å²) >= 11 is 0. The van der Waals surface area contributed by atoms with Crippen LogP contribution < -0.4 is 0 Å². The van der Waals surface area contributed by atoms with Crippen molar-refractivity contribution in [1.82, 2.24) is 4.90 Å². The Morgan fingerprint density at radius 1 is 1.58 bits per heavy atom. The summed E-state index contributed by atoms with van der Waals surface area (Å²) < 4.78 is 18.8. The van der Waals surface area contributed by atoms with E-state index < -0.39 is 16.4 Å². The van der Waals surface area contributed by atoms with Gasteiger partial charge in [-0.1, -0.05) is 6.07 Å². The monoisotopic (exact) mass is 270 g/mol. The molecule has 1 aromatic carbocycles. The van der Waals surface area contributed by atoms with Gasteiger partial charge in [-0.2, -0.15) is 4.39 Å². The molecule has 6 nitrogen and oxygen atoms in total. The van der Waals surface area contributed by atoms with Crippen LogP contribution in [0.25, 0.3) is 0 Å². The molecule has 0 radical (unpaired) electrons. The Labute approximate surface area is 109 Å². The lowest BCUT2D eigenvalue weighted by atomic mass is 10.1. The van der Waals surface area contributed by atoms with Crippen molar-refractivity contribution in [3.05, 3.63) is 39.7 Å². The Bertz CT molecular complexity index is 469. The number of nitro groups is 1. The quantitative estimate of drug-likeness (QED) is 0.650. The van der Waals surface area contributed by atoms with E-state index in [0.29, 0.717) is 31.8 Å². The normalized spacial score (nSPS) is 20.4. The molecule has 0 aromatic heterocycles. The summed E-state index contributed by atoms with van der Waals surface area (Å²) in [5.74, 6) is -0.825. The van der Waals surface area contributed by atoms with E-state index in [-0.39, 0.29) is 12.7 Å². The van der Waals surface area contributed by atoms with E-state index >= 15 is 0 Å². The summed E-state index contributed by atoms with van der Waals surface area (Å²) in [4.78, 5) is 11.8. The predicted octanol–water partition coefficient (Wildman–Crippen LogP) is 0.927. The van der Waals surface area contributed by atoms with E-state index in [9.17, 15) is 14.5 Å². The van der Waals surface area contributed by atoms with Crippen molar-refractivity contribution in [3.8, 4) is 0 Å². The first-order valence-corrected chi connectivity index (χ1v) is 5.98. The van der Waals surface area contributed by atoms with Crippen molar-refractivity contribution in [2.45, 2.75) is 12.6 Å². The van der Waals surface area contributed by atoms with E-state index in [1.165, 1.54) is 12.1 Å². The van der Waals surface area contributed by atoms with Crippen LogP contribution in [0.2, 0.25) is 0 Å². The molecule has 104 valence electrons. The van der Waals surface area contributed by atoms with Crippen LogP contribution in [0.5, 0.6) is 0 Å². The number of aliphatic hydroxyl groups is 1. The highest BCUT2D eigenvalue weighted by molar-refractivity contribution is 5.34. The fourth-order valence-corrected chi connectivity index (χ4v) is 2.09. The topological polar surface area (TPSA) is 75.8 Å². The molecule has 1 saturated heterocycles. The van der Waals surface area contributed by atoms with Gasteiger partial charge in [0.05, 0.1) is 24.2 Å². The Morgan fingerprint density at radius 3 is 3.00 bits per heavy atom. The molecule has 1 aromatic rings. The fourth-order valence-electron chi connectivity index (χ4n) is 2.09. The van der Waals surface area contributed by atoms with Gasteiger partial charge in [0.1, 0.15) is 0 Å². The van der Waals surface area contributed by atoms with Crippen LogP contribution in [0.4, 0.5) is 10.1 Å². The van der Waals surface area contributed by atoms with Crippen molar-refractivity contribution < 1.29 is 19.2 Å². The average molecular weight is 270 g/mol. The lowest BCUT2D eigenvalue weighted by molar-refractivity contribution is -0.387. The number of rotatable bonds is 4. The highest BCUT2D eigenvalue weighted by atomic mass is 19.1. The number of benzene rings is 1. The van der Waals surface area contributed by atoms with Gasteiger partial charge in [0.2, 0.25) is 5.82 Å². The molecule has 2 rings (SSSR count). The molecule has 0 saturated carbocycles. The van der Waals surface area contributed by atoms with Crippen LogP contribution in [0, 0.1) is 15.9 Å². The van der Waals surface area contributed by atoms with Crippen LogP contribution in [0.15, 0.2) is 18.2 Å². The molecule has 0 bridgehead atoms. The zero-order valence-corrected chi connectivity index (χ0v) is 10.3. The molecule has 19 heavy (non-hydrogen) atoms. The van der Waals surface area contributed by atoms with Crippen LogP contribution in [0.1, 0.15) is 5.56 Å². The molecule has 1 aliphatic heterocycles. The second-order valence-corrected chi connectivity index (χ2v) is 4.45. The number of nitro benzene ring substituents is 1. The van der Waals surface area contributed by atoms with Gasteiger partial charge in [0, 0.05) is 25.7 Å². The highest BCUT2D eigenvalue weighted by Crippen LogP contribution is 2.19. The zero-order chi connectivity index (χ0) is 13.8. The highest BCUT2D eigenvalue weighted by Gasteiger charge is 2.21. The first-order valence-electron chi connectivity index (χ1n) is 5.98. The maximum atomic E-state index is 13.5. The molecule has 1 N–H and O–H groups in total. The number of hydrogen-bond acceptors (Lipinski definition) is 5. The van der Waals surface area contributed by atoms with Crippen LogP contribution in [0.3, 0.4) is 0 Å². The molecule has 1 atom stereocenters. The molecular weight excluding hydrogens is 255 g/mol.